The zero-order valence-electron chi connectivity index (χ0n) is 20.4. The van der Waals surface area contributed by atoms with Gasteiger partial charge in [0, 0.05) is 18.0 Å². The number of rotatable bonds is 6. The highest BCUT2D eigenvalue weighted by Crippen LogP contribution is 2.37. The van der Waals surface area contributed by atoms with E-state index in [1.54, 1.807) is 12.3 Å². The van der Waals surface area contributed by atoms with Crippen molar-refractivity contribution in [2.75, 3.05) is 6.26 Å². The van der Waals surface area contributed by atoms with Gasteiger partial charge >= 0.3 is 0 Å². The zero-order chi connectivity index (χ0) is 24.7. The second kappa shape index (κ2) is 8.72. The van der Waals surface area contributed by atoms with E-state index in [9.17, 15) is 8.42 Å². The van der Waals surface area contributed by atoms with E-state index in [-0.39, 0.29) is 10.2 Å². The molecule has 0 aliphatic carbocycles. The maximum atomic E-state index is 12.1. The Bertz CT molecular complexity index is 1460. The minimum atomic E-state index is -3.57. The number of benzene rings is 2. The number of aromatic nitrogens is 4. The van der Waals surface area contributed by atoms with Crippen molar-refractivity contribution in [3.8, 4) is 17.2 Å². The van der Waals surface area contributed by atoms with Crippen LogP contribution in [0.25, 0.3) is 28.0 Å². The fourth-order valence-electron chi connectivity index (χ4n) is 3.38. The highest BCUT2D eigenvalue weighted by atomic mass is 32.2. The Labute approximate surface area is 201 Å². The fraction of sp³-hybridized carbons (Fsp3) is 0.320. The summed E-state index contributed by atoms with van der Waals surface area (Å²) in [4.78, 5) is 13.0. The Kier molecular flexibility index (Phi) is 6.22. The maximum absolute atomic E-state index is 12.1. The van der Waals surface area contributed by atoms with Crippen LogP contribution in [0.5, 0.6) is 0 Å². The van der Waals surface area contributed by atoms with Crippen molar-refractivity contribution in [3.05, 3.63) is 66.6 Å². The summed E-state index contributed by atoms with van der Waals surface area (Å²) >= 11 is 0. The first-order valence-corrected chi connectivity index (χ1v) is 15.9. The highest BCUT2D eigenvalue weighted by Gasteiger charge is 2.37. The van der Waals surface area contributed by atoms with Crippen molar-refractivity contribution < 1.29 is 12.8 Å². The lowest BCUT2D eigenvalue weighted by atomic mass is 10.1. The van der Waals surface area contributed by atoms with Gasteiger partial charge in [0.2, 0.25) is 15.0 Å². The molecule has 7 nitrogen and oxygen atoms in total. The normalized spacial score (nSPS) is 12.9. The number of hydrogen-bond acceptors (Lipinski definition) is 6. The van der Waals surface area contributed by atoms with E-state index < -0.39 is 18.2 Å². The summed E-state index contributed by atoms with van der Waals surface area (Å²) in [5.41, 5.74) is 1.70. The lowest BCUT2D eigenvalue weighted by Gasteiger charge is -2.36. The molecular formula is C25H30N4O3SSi. The summed E-state index contributed by atoms with van der Waals surface area (Å²) in [6.07, 6.45) is 4.34. The number of nitrogens with zero attached hydrogens (tertiary/aromatic N) is 4. The minimum absolute atomic E-state index is 0.0530. The standard InChI is InChI=1S/C25H30N4O3SSi/c1-25(2,3)34(5,6)32-17-21-16-27-23(20-12-11-18-9-7-8-10-19(18)15-20)29(21)22-13-14-26-24(28-22)33(4,30)31/h7-16H,17H2,1-6H3. The first-order chi connectivity index (χ1) is 15.9. The number of hydrogen-bond donors (Lipinski definition) is 0. The van der Waals surface area contributed by atoms with E-state index in [1.807, 2.05) is 22.8 Å². The lowest BCUT2D eigenvalue weighted by molar-refractivity contribution is 0.270. The summed E-state index contributed by atoms with van der Waals surface area (Å²) in [7, 11) is -5.60. The van der Waals surface area contributed by atoms with Crippen LogP contribution in [0.15, 0.2) is 66.1 Å². The molecule has 0 amide bonds. The first kappa shape index (κ1) is 24.2. The van der Waals surface area contributed by atoms with Crippen LogP contribution in [-0.2, 0) is 20.9 Å². The van der Waals surface area contributed by atoms with E-state index in [0.29, 0.717) is 18.2 Å². The molecule has 0 spiro atoms. The highest BCUT2D eigenvalue weighted by molar-refractivity contribution is 7.90. The molecule has 2 heterocycles. The van der Waals surface area contributed by atoms with Crippen LogP contribution in [0.3, 0.4) is 0 Å². The average molecular weight is 495 g/mol. The minimum Gasteiger partial charge on any atom is -0.411 e. The van der Waals surface area contributed by atoms with E-state index in [1.165, 1.54) is 6.20 Å². The van der Waals surface area contributed by atoms with Crippen molar-refractivity contribution >= 4 is 28.9 Å². The SMILES string of the molecule is CC(C)(C)[Si](C)(C)OCc1cnc(-c2ccc3ccccc3c2)n1-c1ccnc(S(C)(=O)=O)n1. The summed E-state index contributed by atoms with van der Waals surface area (Å²) in [6, 6.07) is 16.0. The summed E-state index contributed by atoms with van der Waals surface area (Å²) < 4.78 is 32.6. The molecule has 4 rings (SSSR count). The molecule has 0 radical (unpaired) electrons. The van der Waals surface area contributed by atoms with Crippen molar-refractivity contribution in [3.63, 3.8) is 0 Å². The van der Waals surface area contributed by atoms with E-state index >= 15 is 0 Å². The van der Waals surface area contributed by atoms with Gasteiger partial charge in [0.1, 0.15) is 11.6 Å². The van der Waals surface area contributed by atoms with Crippen molar-refractivity contribution in [1.82, 2.24) is 19.5 Å². The molecular weight excluding hydrogens is 464 g/mol. The smallest absolute Gasteiger partial charge is 0.248 e. The molecule has 0 saturated carbocycles. The van der Waals surface area contributed by atoms with Gasteiger partial charge in [0.05, 0.1) is 18.5 Å². The Morgan fingerprint density at radius 2 is 1.71 bits per heavy atom. The summed E-state index contributed by atoms with van der Waals surface area (Å²) in [6.45, 7) is 11.3. The maximum Gasteiger partial charge on any atom is 0.248 e. The van der Waals surface area contributed by atoms with Crippen molar-refractivity contribution in [2.45, 2.75) is 50.7 Å². The third-order valence-electron chi connectivity index (χ3n) is 6.41. The average Bonchev–Trinajstić information content (AvgIpc) is 3.20. The largest absolute Gasteiger partial charge is 0.411 e. The van der Waals surface area contributed by atoms with Gasteiger partial charge in [-0.25, -0.2) is 23.4 Å². The lowest BCUT2D eigenvalue weighted by Crippen LogP contribution is -2.40. The topological polar surface area (TPSA) is 87.0 Å². The molecule has 178 valence electrons. The molecule has 2 aromatic heterocycles. The van der Waals surface area contributed by atoms with Crippen LogP contribution in [0.1, 0.15) is 26.5 Å². The van der Waals surface area contributed by atoms with Crippen LogP contribution in [-0.4, -0.2) is 42.5 Å². The molecule has 0 aliphatic rings. The molecule has 0 N–H and O–H groups in total. The van der Waals surface area contributed by atoms with Gasteiger partial charge in [0.15, 0.2) is 8.32 Å². The molecule has 2 aromatic carbocycles. The van der Waals surface area contributed by atoms with Gasteiger partial charge in [-0.1, -0.05) is 57.2 Å². The molecule has 0 aliphatic heterocycles. The monoisotopic (exact) mass is 494 g/mol. The van der Waals surface area contributed by atoms with Gasteiger partial charge < -0.3 is 4.43 Å². The van der Waals surface area contributed by atoms with E-state index in [0.717, 1.165) is 28.3 Å². The quantitative estimate of drug-likeness (QED) is 0.263. The van der Waals surface area contributed by atoms with E-state index in [2.05, 4.69) is 68.1 Å². The van der Waals surface area contributed by atoms with Crippen LogP contribution in [0.2, 0.25) is 18.1 Å². The van der Waals surface area contributed by atoms with Crippen LogP contribution in [0, 0.1) is 0 Å². The van der Waals surface area contributed by atoms with Gasteiger partial charge in [-0.3, -0.25) is 4.57 Å². The third kappa shape index (κ3) is 4.82. The molecule has 0 saturated heterocycles. The molecule has 0 fully saturated rings. The van der Waals surface area contributed by atoms with Crippen molar-refractivity contribution in [2.24, 2.45) is 0 Å². The molecule has 4 aromatic rings. The number of imidazole rings is 1. The third-order valence-corrected chi connectivity index (χ3v) is 11.7. The van der Waals surface area contributed by atoms with Crippen LogP contribution >= 0.6 is 0 Å². The second-order valence-corrected chi connectivity index (χ2v) is 16.7. The van der Waals surface area contributed by atoms with Gasteiger partial charge in [-0.05, 0) is 41.0 Å². The summed E-state index contributed by atoms with van der Waals surface area (Å²) in [5, 5.41) is 2.05. The zero-order valence-corrected chi connectivity index (χ0v) is 22.2. The molecule has 34 heavy (non-hydrogen) atoms. The molecule has 0 atom stereocenters. The molecule has 9 heteroatoms. The van der Waals surface area contributed by atoms with Crippen LogP contribution in [0.4, 0.5) is 0 Å². The van der Waals surface area contributed by atoms with Gasteiger partial charge in [-0.15, -0.1) is 0 Å². The second-order valence-electron chi connectivity index (χ2n) is 9.99. The predicted molar refractivity (Wildman–Crippen MR) is 137 cm³/mol. The first-order valence-electron chi connectivity index (χ1n) is 11.1. The Hall–Kier alpha value is -2.88. The fourth-order valence-corrected chi connectivity index (χ4v) is 4.84. The predicted octanol–water partition coefficient (Wildman–Crippen LogP) is 5.41. The molecule has 0 bridgehead atoms. The van der Waals surface area contributed by atoms with Gasteiger partial charge in [-0.2, -0.15) is 0 Å². The molecule has 0 unspecified atom stereocenters. The van der Waals surface area contributed by atoms with Crippen molar-refractivity contribution in [1.29, 1.82) is 0 Å². The summed E-state index contributed by atoms with van der Waals surface area (Å²) in [5.74, 6) is 1.10. The van der Waals surface area contributed by atoms with E-state index in [4.69, 9.17) is 9.41 Å². The Morgan fingerprint density at radius 3 is 2.38 bits per heavy atom. The van der Waals surface area contributed by atoms with Crippen LogP contribution < -0.4 is 0 Å². The Balaban J connectivity index is 1.86. The van der Waals surface area contributed by atoms with Gasteiger partial charge in [0.25, 0.3) is 0 Å². The Morgan fingerprint density at radius 1 is 1.00 bits per heavy atom. The number of sulfone groups is 1. The number of fused-ring (bicyclic) bond motifs is 1.